The summed E-state index contributed by atoms with van der Waals surface area (Å²) in [6.07, 6.45) is 3.98. The average molecular weight is 217 g/mol. The van der Waals surface area contributed by atoms with Gasteiger partial charge in [0, 0.05) is 7.11 Å². The monoisotopic (exact) mass is 217 g/mol. The Bertz CT molecular complexity index is 155. The lowest BCUT2D eigenvalue weighted by atomic mass is 10.1. The van der Waals surface area contributed by atoms with Gasteiger partial charge in [-0.1, -0.05) is 6.42 Å². The lowest BCUT2D eigenvalue weighted by Crippen LogP contribution is -2.26. The summed E-state index contributed by atoms with van der Waals surface area (Å²) >= 11 is 0. The van der Waals surface area contributed by atoms with E-state index in [0.717, 1.165) is 13.0 Å². The standard InChI is InChI=1S/C11H23NO3/c1-13-5-6-14-7-8-15-11-4-2-3-10(11)9-12/h10-11H,2-9,12H2,1H3. The second-order valence-corrected chi connectivity index (χ2v) is 3.94. The number of nitrogens with two attached hydrogens (primary N) is 1. The molecule has 0 aromatic rings. The Labute approximate surface area is 92.1 Å². The molecule has 0 spiro atoms. The van der Waals surface area contributed by atoms with Crippen LogP contribution in [0.1, 0.15) is 19.3 Å². The molecular weight excluding hydrogens is 194 g/mol. The van der Waals surface area contributed by atoms with Gasteiger partial charge in [-0.15, -0.1) is 0 Å². The summed E-state index contributed by atoms with van der Waals surface area (Å²) in [7, 11) is 1.67. The second kappa shape index (κ2) is 8.05. The summed E-state index contributed by atoms with van der Waals surface area (Å²) in [5, 5.41) is 0. The van der Waals surface area contributed by atoms with Gasteiger partial charge >= 0.3 is 0 Å². The van der Waals surface area contributed by atoms with Gasteiger partial charge in [0.15, 0.2) is 0 Å². The lowest BCUT2D eigenvalue weighted by Gasteiger charge is -2.18. The highest BCUT2D eigenvalue weighted by molar-refractivity contribution is 4.78. The number of hydrogen-bond acceptors (Lipinski definition) is 4. The van der Waals surface area contributed by atoms with Gasteiger partial charge < -0.3 is 19.9 Å². The molecule has 1 saturated carbocycles. The minimum atomic E-state index is 0.362. The van der Waals surface area contributed by atoms with E-state index in [1.807, 2.05) is 0 Å². The van der Waals surface area contributed by atoms with Gasteiger partial charge in [-0.05, 0) is 25.3 Å². The molecule has 4 heteroatoms. The molecule has 0 aromatic heterocycles. The fourth-order valence-corrected chi connectivity index (χ4v) is 1.99. The van der Waals surface area contributed by atoms with Crippen LogP contribution in [0, 0.1) is 5.92 Å². The molecule has 0 heterocycles. The van der Waals surface area contributed by atoms with Crippen molar-refractivity contribution in [3.63, 3.8) is 0 Å². The van der Waals surface area contributed by atoms with Crippen molar-refractivity contribution >= 4 is 0 Å². The van der Waals surface area contributed by atoms with Crippen molar-refractivity contribution in [1.29, 1.82) is 0 Å². The van der Waals surface area contributed by atoms with Crippen molar-refractivity contribution in [2.75, 3.05) is 40.1 Å². The Morgan fingerprint density at radius 2 is 1.93 bits per heavy atom. The Kier molecular flexibility index (Phi) is 6.92. The SMILES string of the molecule is COCCOCCOC1CCCC1CN. The van der Waals surface area contributed by atoms with Crippen molar-refractivity contribution in [3.8, 4) is 0 Å². The summed E-state index contributed by atoms with van der Waals surface area (Å²) in [6, 6.07) is 0. The first-order chi connectivity index (χ1) is 7.38. The van der Waals surface area contributed by atoms with Crippen molar-refractivity contribution < 1.29 is 14.2 Å². The normalized spacial score (nSPS) is 26.0. The van der Waals surface area contributed by atoms with Crippen LogP contribution in [0.4, 0.5) is 0 Å². The van der Waals surface area contributed by atoms with E-state index in [-0.39, 0.29) is 0 Å². The van der Waals surface area contributed by atoms with Crippen LogP contribution in [-0.2, 0) is 14.2 Å². The number of methoxy groups -OCH3 is 1. The number of rotatable bonds is 8. The molecule has 4 nitrogen and oxygen atoms in total. The van der Waals surface area contributed by atoms with E-state index < -0.39 is 0 Å². The van der Waals surface area contributed by atoms with Crippen molar-refractivity contribution in [2.45, 2.75) is 25.4 Å². The Balaban J connectivity index is 1.95. The minimum Gasteiger partial charge on any atom is -0.382 e. The predicted molar refractivity (Wildman–Crippen MR) is 58.8 cm³/mol. The van der Waals surface area contributed by atoms with Gasteiger partial charge in [0.25, 0.3) is 0 Å². The smallest absolute Gasteiger partial charge is 0.0704 e. The average Bonchev–Trinajstić information content (AvgIpc) is 2.70. The minimum absolute atomic E-state index is 0.362. The van der Waals surface area contributed by atoms with Crippen LogP contribution in [0.5, 0.6) is 0 Å². The van der Waals surface area contributed by atoms with E-state index in [4.69, 9.17) is 19.9 Å². The maximum Gasteiger partial charge on any atom is 0.0704 e. The fraction of sp³-hybridized carbons (Fsp3) is 1.00. The molecule has 0 radical (unpaired) electrons. The molecule has 15 heavy (non-hydrogen) atoms. The third kappa shape index (κ3) is 4.93. The van der Waals surface area contributed by atoms with Gasteiger partial charge in [-0.2, -0.15) is 0 Å². The maximum atomic E-state index is 5.74. The van der Waals surface area contributed by atoms with Gasteiger partial charge in [-0.25, -0.2) is 0 Å². The zero-order valence-corrected chi connectivity index (χ0v) is 9.61. The summed E-state index contributed by atoms with van der Waals surface area (Å²) < 4.78 is 15.9. The van der Waals surface area contributed by atoms with Crippen LogP contribution >= 0.6 is 0 Å². The summed E-state index contributed by atoms with van der Waals surface area (Å²) in [5.41, 5.74) is 5.67. The quantitative estimate of drug-likeness (QED) is 0.611. The molecule has 1 aliphatic rings. The molecule has 1 aliphatic carbocycles. The van der Waals surface area contributed by atoms with E-state index in [2.05, 4.69) is 0 Å². The topological polar surface area (TPSA) is 53.7 Å². The first-order valence-electron chi connectivity index (χ1n) is 5.76. The van der Waals surface area contributed by atoms with Gasteiger partial charge in [0.2, 0.25) is 0 Å². The maximum absolute atomic E-state index is 5.74. The van der Waals surface area contributed by atoms with Gasteiger partial charge in [0.1, 0.15) is 0 Å². The van der Waals surface area contributed by atoms with Crippen LogP contribution in [0.2, 0.25) is 0 Å². The Morgan fingerprint density at radius 3 is 2.67 bits per heavy atom. The van der Waals surface area contributed by atoms with Crippen LogP contribution < -0.4 is 5.73 Å². The first-order valence-corrected chi connectivity index (χ1v) is 5.76. The van der Waals surface area contributed by atoms with Crippen LogP contribution in [0.25, 0.3) is 0 Å². The van der Waals surface area contributed by atoms with Crippen molar-refractivity contribution in [2.24, 2.45) is 11.7 Å². The van der Waals surface area contributed by atoms with Gasteiger partial charge in [-0.3, -0.25) is 0 Å². The second-order valence-electron chi connectivity index (χ2n) is 3.94. The van der Waals surface area contributed by atoms with Crippen molar-refractivity contribution in [1.82, 2.24) is 0 Å². The zero-order valence-electron chi connectivity index (χ0n) is 9.61. The summed E-state index contributed by atoms with van der Waals surface area (Å²) in [4.78, 5) is 0. The summed E-state index contributed by atoms with van der Waals surface area (Å²) in [6.45, 7) is 3.36. The molecule has 90 valence electrons. The molecule has 2 unspecified atom stereocenters. The van der Waals surface area contributed by atoms with E-state index in [1.54, 1.807) is 7.11 Å². The fourth-order valence-electron chi connectivity index (χ4n) is 1.99. The predicted octanol–water partition coefficient (Wildman–Crippen LogP) is 0.793. The molecule has 0 saturated heterocycles. The third-order valence-corrected chi connectivity index (χ3v) is 2.88. The molecule has 0 aromatic carbocycles. The number of ether oxygens (including phenoxy) is 3. The molecule has 0 aliphatic heterocycles. The highest BCUT2D eigenvalue weighted by atomic mass is 16.5. The molecule has 1 rings (SSSR count). The number of hydrogen-bond donors (Lipinski definition) is 1. The summed E-state index contributed by atoms with van der Waals surface area (Å²) in [5.74, 6) is 0.559. The molecular formula is C11H23NO3. The molecule has 2 atom stereocenters. The van der Waals surface area contributed by atoms with E-state index in [1.165, 1.54) is 12.8 Å². The van der Waals surface area contributed by atoms with E-state index in [0.29, 0.717) is 38.4 Å². The molecule has 0 bridgehead atoms. The van der Waals surface area contributed by atoms with Crippen LogP contribution in [0.15, 0.2) is 0 Å². The highest BCUT2D eigenvalue weighted by Crippen LogP contribution is 2.27. The Morgan fingerprint density at radius 1 is 1.13 bits per heavy atom. The largest absolute Gasteiger partial charge is 0.382 e. The molecule has 1 fully saturated rings. The van der Waals surface area contributed by atoms with Gasteiger partial charge in [0.05, 0.1) is 32.5 Å². The third-order valence-electron chi connectivity index (χ3n) is 2.88. The van der Waals surface area contributed by atoms with Crippen LogP contribution in [0.3, 0.4) is 0 Å². The lowest BCUT2D eigenvalue weighted by molar-refractivity contribution is -0.0178. The van der Waals surface area contributed by atoms with Crippen LogP contribution in [-0.4, -0.2) is 46.2 Å². The molecule has 2 N–H and O–H groups in total. The highest BCUT2D eigenvalue weighted by Gasteiger charge is 2.26. The molecule has 0 amide bonds. The van der Waals surface area contributed by atoms with E-state index in [9.17, 15) is 0 Å². The van der Waals surface area contributed by atoms with Crippen molar-refractivity contribution in [3.05, 3.63) is 0 Å². The first kappa shape index (κ1) is 12.9. The zero-order chi connectivity index (χ0) is 10.9. The van der Waals surface area contributed by atoms with E-state index >= 15 is 0 Å². The Hall–Kier alpha value is -0.160.